The molecular weight excluding hydrogens is 290 g/mol. The minimum Gasteiger partial charge on any atom is -0.491 e. The Bertz CT molecular complexity index is 553. The molecule has 0 aromatic heterocycles. The third kappa shape index (κ3) is 3.78. The molecule has 126 valence electrons. The van der Waals surface area contributed by atoms with Crippen molar-refractivity contribution in [3.05, 3.63) is 29.8 Å². The molecule has 1 N–H and O–H groups in total. The first-order valence-electron chi connectivity index (χ1n) is 8.44. The molecule has 1 unspecified atom stereocenters. The van der Waals surface area contributed by atoms with Gasteiger partial charge in [0.25, 0.3) is 0 Å². The van der Waals surface area contributed by atoms with Crippen molar-refractivity contribution < 1.29 is 9.47 Å². The van der Waals surface area contributed by atoms with Crippen molar-refractivity contribution in [1.29, 1.82) is 0 Å². The summed E-state index contributed by atoms with van der Waals surface area (Å²) in [5, 5.41) is 3.42. The van der Waals surface area contributed by atoms with Gasteiger partial charge in [-0.15, -0.1) is 0 Å². The summed E-state index contributed by atoms with van der Waals surface area (Å²) < 4.78 is 11.4. The van der Waals surface area contributed by atoms with E-state index in [1.54, 1.807) is 0 Å². The molecule has 1 spiro atoms. The van der Waals surface area contributed by atoms with Gasteiger partial charge in [-0.2, -0.15) is 0 Å². The van der Waals surface area contributed by atoms with Gasteiger partial charge in [0.15, 0.2) is 5.96 Å². The molecule has 1 aromatic rings. The summed E-state index contributed by atoms with van der Waals surface area (Å²) in [6.45, 7) is 7.36. The Morgan fingerprint density at radius 1 is 1.39 bits per heavy atom. The molecule has 5 heteroatoms. The highest BCUT2D eigenvalue weighted by molar-refractivity contribution is 5.80. The number of likely N-dealkylation sites (tertiary alicyclic amines) is 1. The van der Waals surface area contributed by atoms with E-state index in [1.807, 2.05) is 25.2 Å². The first-order chi connectivity index (χ1) is 11.2. The van der Waals surface area contributed by atoms with Crippen LogP contribution in [-0.4, -0.2) is 57.4 Å². The molecule has 2 aliphatic heterocycles. The molecule has 2 saturated heterocycles. The van der Waals surface area contributed by atoms with Gasteiger partial charge in [-0.3, -0.25) is 4.99 Å². The SMILES string of the molecule is CN=C(NCCOc1ccccc1C)N1CCC2(CCOC2)C1. The molecule has 0 amide bonds. The average Bonchev–Trinajstić information content (AvgIpc) is 3.20. The molecule has 0 saturated carbocycles. The maximum Gasteiger partial charge on any atom is 0.193 e. The summed E-state index contributed by atoms with van der Waals surface area (Å²) in [5.41, 5.74) is 1.52. The van der Waals surface area contributed by atoms with Crippen LogP contribution in [0.4, 0.5) is 0 Å². The van der Waals surface area contributed by atoms with E-state index in [1.165, 1.54) is 18.4 Å². The number of para-hydroxylation sites is 1. The molecule has 2 fully saturated rings. The summed E-state index contributed by atoms with van der Waals surface area (Å²) in [7, 11) is 1.85. The van der Waals surface area contributed by atoms with Crippen LogP contribution in [0, 0.1) is 12.3 Å². The minimum absolute atomic E-state index is 0.356. The van der Waals surface area contributed by atoms with Crippen LogP contribution in [0.3, 0.4) is 0 Å². The fourth-order valence-electron chi connectivity index (χ4n) is 3.46. The third-order valence-corrected chi connectivity index (χ3v) is 4.87. The van der Waals surface area contributed by atoms with E-state index < -0.39 is 0 Å². The first kappa shape index (κ1) is 16.1. The van der Waals surface area contributed by atoms with E-state index in [2.05, 4.69) is 28.2 Å². The Kier molecular flexibility index (Phi) is 5.06. The molecule has 0 radical (unpaired) electrons. The Morgan fingerprint density at radius 3 is 3.00 bits per heavy atom. The van der Waals surface area contributed by atoms with Crippen LogP contribution in [-0.2, 0) is 4.74 Å². The van der Waals surface area contributed by atoms with Crippen LogP contribution in [0.25, 0.3) is 0 Å². The second-order valence-corrected chi connectivity index (χ2v) is 6.56. The number of aliphatic imine (C=N–C) groups is 1. The standard InChI is InChI=1S/C18H27N3O2/c1-15-5-3-4-6-16(15)23-12-9-20-17(19-2)21-10-7-18(13-21)8-11-22-14-18/h3-6H,7-14H2,1-2H3,(H,19,20). The number of aryl methyl sites for hydroxylation is 1. The van der Waals surface area contributed by atoms with Gasteiger partial charge in [-0.1, -0.05) is 18.2 Å². The smallest absolute Gasteiger partial charge is 0.193 e. The maximum atomic E-state index is 5.83. The van der Waals surface area contributed by atoms with E-state index in [4.69, 9.17) is 9.47 Å². The van der Waals surface area contributed by atoms with Gasteiger partial charge >= 0.3 is 0 Å². The lowest BCUT2D eigenvalue weighted by atomic mass is 9.87. The van der Waals surface area contributed by atoms with Gasteiger partial charge < -0.3 is 19.7 Å². The molecule has 0 aliphatic carbocycles. The summed E-state index contributed by atoms with van der Waals surface area (Å²) in [5.74, 6) is 1.93. The van der Waals surface area contributed by atoms with Crippen molar-refractivity contribution in [3.63, 3.8) is 0 Å². The number of ether oxygens (including phenoxy) is 2. The van der Waals surface area contributed by atoms with E-state index in [0.29, 0.717) is 12.0 Å². The van der Waals surface area contributed by atoms with Gasteiger partial charge in [-0.05, 0) is 31.4 Å². The summed E-state index contributed by atoms with van der Waals surface area (Å²) in [6.07, 6.45) is 2.38. The van der Waals surface area contributed by atoms with Crippen molar-refractivity contribution in [1.82, 2.24) is 10.2 Å². The predicted octanol–water partition coefficient (Wildman–Crippen LogP) is 2.06. The number of benzene rings is 1. The molecule has 23 heavy (non-hydrogen) atoms. The monoisotopic (exact) mass is 317 g/mol. The minimum atomic E-state index is 0.356. The van der Waals surface area contributed by atoms with Gasteiger partial charge in [0.1, 0.15) is 12.4 Å². The van der Waals surface area contributed by atoms with Crippen molar-refractivity contribution in [3.8, 4) is 5.75 Å². The Hall–Kier alpha value is -1.75. The highest BCUT2D eigenvalue weighted by Crippen LogP contribution is 2.38. The second kappa shape index (κ2) is 7.21. The highest BCUT2D eigenvalue weighted by Gasteiger charge is 2.42. The van der Waals surface area contributed by atoms with Gasteiger partial charge in [0, 0.05) is 32.2 Å². The molecular formula is C18H27N3O2. The molecule has 3 rings (SSSR count). The van der Waals surface area contributed by atoms with Crippen LogP contribution in [0.1, 0.15) is 18.4 Å². The van der Waals surface area contributed by atoms with E-state index in [-0.39, 0.29) is 0 Å². The van der Waals surface area contributed by atoms with E-state index in [9.17, 15) is 0 Å². The Morgan fingerprint density at radius 2 is 2.26 bits per heavy atom. The van der Waals surface area contributed by atoms with Crippen molar-refractivity contribution in [2.45, 2.75) is 19.8 Å². The number of nitrogens with zero attached hydrogens (tertiary/aromatic N) is 2. The Labute approximate surface area is 138 Å². The number of guanidine groups is 1. The highest BCUT2D eigenvalue weighted by atomic mass is 16.5. The molecule has 0 bridgehead atoms. The lowest BCUT2D eigenvalue weighted by Crippen LogP contribution is -2.42. The van der Waals surface area contributed by atoms with E-state index >= 15 is 0 Å². The fourth-order valence-corrected chi connectivity index (χ4v) is 3.46. The zero-order valence-electron chi connectivity index (χ0n) is 14.2. The zero-order valence-corrected chi connectivity index (χ0v) is 14.2. The lowest BCUT2D eigenvalue weighted by Gasteiger charge is -2.25. The first-order valence-corrected chi connectivity index (χ1v) is 8.44. The number of nitrogens with one attached hydrogen (secondary N) is 1. The number of hydrogen-bond acceptors (Lipinski definition) is 3. The van der Waals surface area contributed by atoms with Crippen molar-refractivity contribution in [2.24, 2.45) is 10.4 Å². The molecule has 2 aliphatic rings. The largest absolute Gasteiger partial charge is 0.491 e. The van der Waals surface area contributed by atoms with Gasteiger partial charge in [-0.25, -0.2) is 0 Å². The van der Waals surface area contributed by atoms with Crippen molar-refractivity contribution >= 4 is 5.96 Å². The van der Waals surface area contributed by atoms with Crippen LogP contribution >= 0.6 is 0 Å². The predicted molar refractivity (Wildman–Crippen MR) is 92.1 cm³/mol. The number of hydrogen-bond donors (Lipinski definition) is 1. The Balaban J connectivity index is 1.44. The third-order valence-electron chi connectivity index (χ3n) is 4.87. The zero-order chi connectivity index (χ0) is 16.1. The molecule has 1 aromatic carbocycles. The van der Waals surface area contributed by atoms with E-state index in [0.717, 1.165) is 44.6 Å². The molecule has 1 atom stereocenters. The topological polar surface area (TPSA) is 46.1 Å². The maximum absolute atomic E-state index is 5.83. The lowest BCUT2D eigenvalue weighted by molar-refractivity contribution is 0.156. The number of rotatable bonds is 4. The van der Waals surface area contributed by atoms with Crippen LogP contribution in [0.15, 0.2) is 29.3 Å². The second-order valence-electron chi connectivity index (χ2n) is 6.56. The van der Waals surface area contributed by atoms with Gasteiger partial charge in [0.05, 0.1) is 13.2 Å². The average molecular weight is 317 g/mol. The molecule has 5 nitrogen and oxygen atoms in total. The molecule has 2 heterocycles. The van der Waals surface area contributed by atoms with Crippen LogP contribution < -0.4 is 10.1 Å². The summed E-state index contributed by atoms with van der Waals surface area (Å²) >= 11 is 0. The van der Waals surface area contributed by atoms with Crippen LogP contribution in [0.5, 0.6) is 5.75 Å². The summed E-state index contributed by atoms with van der Waals surface area (Å²) in [6, 6.07) is 8.10. The normalized spacial score (nSPS) is 24.4. The van der Waals surface area contributed by atoms with Gasteiger partial charge in [0.2, 0.25) is 0 Å². The van der Waals surface area contributed by atoms with Crippen molar-refractivity contribution in [2.75, 3.05) is 46.5 Å². The van der Waals surface area contributed by atoms with Crippen LogP contribution in [0.2, 0.25) is 0 Å². The fraction of sp³-hybridized carbons (Fsp3) is 0.611. The quantitative estimate of drug-likeness (QED) is 0.524. The summed E-state index contributed by atoms with van der Waals surface area (Å²) in [4.78, 5) is 6.77.